The molecule has 0 spiro atoms. The minimum atomic E-state index is -0.805. The summed E-state index contributed by atoms with van der Waals surface area (Å²) in [6, 6.07) is 0. The van der Waals surface area contributed by atoms with E-state index in [0.717, 1.165) is 0 Å². The van der Waals surface area contributed by atoms with Gasteiger partial charge in [-0.1, -0.05) is 33.8 Å². The van der Waals surface area contributed by atoms with Crippen molar-refractivity contribution in [2.45, 2.75) is 27.7 Å². The number of carbonyl (C=O) groups excluding carboxylic acids is 1. The lowest BCUT2D eigenvalue weighted by molar-refractivity contribution is -0.140. The maximum absolute atomic E-state index is 11.3. The van der Waals surface area contributed by atoms with Crippen molar-refractivity contribution < 1.29 is 19.4 Å². The van der Waals surface area contributed by atoms with Crippen LogP contribution in [-0.2, 0) is 14.3 Å². The molecule has 17 heavy (non-hydrogen) atoms. The minimum absolute atomic E-state index is 0.0772. The Morgan fingerprint density at radius 2 is 2.00 bits per heavy atom. The Bertz CT molecular complexity index is 341. The van der Waals surface area contributed by atoms with Crippen LogP contribution in [0, 0.1) is 23.2 Å². The number of ether oxygens (including phenoxy) is 1. The Morgan fingerprint density at radius 1 is 1.41 bits per heavy atom. The van der Waals surface area contributed by atoms with E-state index < -0.39 is 17.9 Å². The highest BCUT2D eigenvalue weighted by Crippen LogP contribution is 2.58. The van der Waals surface area contributed by atoms with E-state index in [-0.39, 0.29) is 11.3 Å². The molecule has 1 aliphatic carbocycles. The third-order valence-electron chi connectivity index (χ3n) is 3.18. The van der Waals surface area contributed by atoms with Gasteiger partial charge in [0.2, 0.25) is 0 Å². The van der Waals surface area contributed by atoms with Crippen molar-refractivity contribution in [3.63, 3.8) is 0 Å². The van der Waals surface area contributed by atoms with Crippen LogP contribution in [0.4, 0.5) is 0 Å². The second kappa shape index (κ2) is 4.90. The molecule has 0 aromatic rings. The summed E-state index contributed by atoms with van der Waals surface area (Å²) in [5.41, 5.74) is -0.263. The molecule has 96 valence electrons. The second-order valence-electron chi connectivity index (χ2n) is 5.55. The molecule has 1 aliphatic rings. The van der Waals surface area contributed by atoms with E-state index in [0.29, 0.717) is 12.5 Å². The number of hydrogen-bond acceptors (Lipinski definition) is 3. The van der Waals surface area contributed by atoms with Crippen molar-refractivity contribution in [1.82, 2.24) is 0 Å². The molecule has 2 atom stereocenters. The number of aliphatic carboxylic acids is 1. The van der Waals surface area contributed by atoms with Gasteiger partial charge in [-0.3, -0.25) is 4.79 Å². The van der Waals surface area contributed by atoms with Gasteiger partial charge in [-0.25, -0.2) is 4.79 Å². The molecular weight excluding hydrogens is 220 g/mol. The fraction of sp³-hybridized carbons (Fsp3) is 0.692. The molecule has 1 saturated carbocycles. The Kier molecular flexibility index (Phi) is 3.96. The lowest BCUT2D eigenvalue weighted by Crippen LogP contribution is -2.07. The van der Waals surface area contributed by atoms with Gasteiger partial charge in [-0.15, -0.1) is 0 Å². The normalized spacial score (nSPS) is 26.2. The van der Waals surface area contributed by atoms with Gasteiger partial charge in [0.25, 0.3) is 0 Å². The molecule has 0 bridgehead atoms. The van der Waals surface area contributed by atoms with Crippen molar-refractivity contribution >= 4 is 11.9 Å². The maximum Gasteiger partial charge on any atom is 0.330 e. The number of carboxylic acids is 1. The fourth-order valence-corrected chi connectivity index (χ4v) is 1.99. The van der Waals surface area contributed by atoms with Crippen molar-refractivity contribution in [3.8, 4) is 0 Å². The molecule has 0 amide bonds. The van der Waals surface area contributed by atoms with Crippen molar-refractivity contribution in [2.24, 2.45) is 23.2 Å². The van der Waals surface area contributed by atoms with Gasteiger partial charge in [0.15, 0.2) is 0 Å². The van der Waals surface area contributed by atoms with E-state index in [1.165, 1.54) is 6.08 Å². The molecule has 0 aromatic carbocycles. The van der Waals surface area contributed by atoms with E-state index in [9.17, 15) is 9.59 Å². The van der Waals surface area contributed by atoms with Gasteiger partial charge in [-0.2, -0.15) is 0 Å². The first-order valence-corrected chi connectivity index (χ1v) is 5.84. The third kappa shape index (κ3) is 3.32. The van der Waals surface area contributed by atoms with Crippen LogP contribution >= 0.6 is 0 Å². The summed E-state index contributed by atoms with van der Waals surface area (Å²) in [6.45, 7) is 8.09. The number of carboxylic acid groups (broad SMARTS) is 1. The first kappa shape index (κ1) is 13.7. The average Bonchev–Trinajstić information content (AvgIpc) is 2.74. The molecule has 0 saturated heterocycles. The Morgan fingerprint density at radius 3 is 2.41 bits per heavy atom. The summed E-state index contributed by atoms with van der Waals surface area (Å²) in [7, 11) is 0. The summed E-state index contributed by atoms with van der Waals surface area (Å²) in [4.78, 5) is 22.2. The molecule has 1 fully saturated rings. The molecule has 0 heterocycles. The first-order chi connectivity index (χ1) is 7.76. The van der Waals surface area contributed by atoms with E-state index in [1.54, 1.807) is 6.08 Å². The number of rotatable bonds is 5. The minimum Gasteiger partial charge on any atom is -0.481 e. The number of esters is 1. The third-order valence-corrected chi connectivity index (χ3v) is 3.18. The molecular formula is C13H20O4. The van der Waals surface area contributed by atoms with Crippen LogP contribution < -0.4 is 0 Å². The number of hydrogen-bond donors (Lipinski definition) is 1. The van der Waals surface area contributed by atoms with Crippen molar-refractivity contribution in [3.05, 3.63) is 12.2 Å². The zero-order chi connectivity index (χ0) is 13.2. The molecule has 2 unspecified atom stereocenters. The van der Waals surface area contributed by atoms with Gasteiger partial charge >= 0.3 is 11.9 Å². The van der Waals surface area contributed by atoms with Crippen molar-refractivity contribution in [1.29, 1.82) is 0 Å². The molecule has 1 N–H and O–H groups in total. The number of carbonyl (C=O) groups is 2. The highest BCUT2D eigenvalue weighted by molar-refractivity contribution is 5.83. The Hall–Kier alpha value is -1.32. The molecule has 1 rings (SSSR count). The highest BCUT2D eigenvalue weighted by atomic mass is 16.5. The average molecular weight is 240 g/mol. The van der Waals surface area contributed by atoms with Gasteiger partial charge in [0.1, 0.15) is 0 Å². The molecule has 4 heteroatoms. The lowest BCUT2D eigenvalue weighted by Gasteiger charge is -2.03. The van der Waals surface area contributed by atoms with Crippen molar-refractivity contribution in [2.75, 3.05) is 6.61 Å². The second-order valence-corrected chi connectivity index (χ2v) is 5.55. The maximum atomic E-state index is 11.3. The standard InChI is InChI=1S/C13H20O4/c1-8(2)7-17-10(14)6-5-9-11(12(15)16)13(9,3)4/h5-6,8-9,11H,7H2,1-4H3,(H,15,16)/b6-5+. The van der Waals surface area contributed by atoms with Crippen LogP contribution in [0.5, 0.6) is 0 Å². The predicted octanol–water partition coefficient (Wildman–Crippen LogP) is 2.10. The van der Waals surface area contributed by atoms with Gasteiger partial charge < -0.3 is 9.84 Å². The molecule has 0 radical (unpaired) electrons. The van der Waals surface area contributed by atoms with E-state index in [4.69, 9.17) is 9.84 Å². The molecule has 0 aromatic heterocycles. The lowest BCUT2D eigenvalue weighted by atomic mass is 10.1. The van der Waals surface area contributed by atoms with Crippen LogP contribution in [0.2, 0.25) is 0 Å². The van der Waals surface area contributed by atoms with Crippen LogP contribution in [0.3, 0.4) is 0 Å². The zero-order valence-electron chi connectivity index (χ0n) is 10.8. The van der Waals surface area contributed by atoms with Crippen LogP contribution in [0.15, 0.2) is 12.2 Å². The molecule has 4 nitrogen and oxygen atoms in total. The van der Waals surface area contributed by atoms with E-state index in [1.807, 2.05) is 27.7 Å². The highest BCUT2D eigenvalue weighted by Gasteiger charge is 2.60. The summed E-state index contributed by atoms with van der Waals surface area (Å²) in [5, 5.41) is 8.95. The summed E-state index contributed by atoms with van der Waals surface area (Å²) in [6.07, 6.45) is 3.00. The smallest absolute Gasteiger partial charge is 0.330 e. The van der Waals surface area contributed by atoms with Crippen LogP contribution in [-0.4, -0.2) is 23.7 Å². The predicted molar refractivity (Wildman–Crippen MR) is 63.3 cm³/mol. The topological polar surface area (TPSA) is 63.6 Å². The number of allylic oxidation sites excluding steroid dienone is 1. The summed E-state index contributed by atoms with van der Waals surface area (Å²) in [5.74, 6) is -1.37. The van der Waals surface area contributed by atoms with Gasteiger partial charge in [-0.05, 0) is 17.3 Å². The fourth-order valence-electron chi connectivity index (χ4n) is 1.99. The van der Waals surface area contributed by atoms with Crippen LogP contribution in [0.1, 0.15) is 27.7 Å². The zero-order valence-corrected chi connectivity index (χ0v) is 10.8. The Labute approximate surface area is 102 Å². The Balaban J connectivity index is 2.45. The van der Waals surface area contributed by atoms with E-state index in [2.05, 4.69) is 0 Å². The SMILES string of the molecule is CC(C)COC(=O)/C=C/C1C(C(=O)O)C1(C)C. The van der Waals surface area contributed by atoms with Crippen LogP contribution in [0.25, 0.3) is 0 Å². The van der Waals surface area contributed by atoms with E-state index >= 15 is 0 Å². The van der Waals surface area contributed by atoms with Gasteiger partial charge in [0, 0.05) is 6.08 Å². The van der Waals surface area contributed by atoms with Gasteiger partial charge in [0.05, 0.1) is 12.5 Å². The monoisotopic (exact) mass is 240 g/mol. The summed E-state index contributed by atoms with van der Waals surface area (Å²) < 4.78 is 4.97. The summed E-state index contributed by atoms with van der Waals surface area (Å²) >= 11 is 0. The quantitative estimate of drug-likeness (QED) is 0.590. The first-order valence-electron chi connectivity index (χ1n) is 5.84. The molecule has 0 aliphatic heterocycles. The largest absolute Gasteiger partial charge is 0.481 e.